The first-order valence-corrected chi connectivity index (χ1v) is 7.08. The van der Waals surface area contributed by atoms with E-state index in [-0.39, 0.29) is 0 Å². The third-order valence-electron chi connectivity index (χ3n) is 3.36. The summed E-state index contributed by atoms with van der Waals surface area (Å²) in [5, 5.41) is 0. The van der Waals surface area contributed by atoms with Gasteiger partial charge in [-0.3, -0.25) is 4.90 Å². The van der Waals surface area contributed by atoms with Gasteiger partial charge in [-0.05, 0) is 18.0 Å². The third kappa shape index (κ3) is 4.75. The van der Waals surface area contributed by atoms with Crippen LogP contribution >= 0.6 is 12.2 Å². The fourth-order valence-corrected chi connectivity index (χ4v) is 2.04. The van der Waals surface area contributed by atoms with E-state index >= 15 is 0 Å². The molecule has 1 aromatic carbocycles. The molecule has 2 nitrogen and oxygen atoms in total. The van der Waals surface area contributed by atoms with E-state index in [0.717, 1.165) is 31.1 Å². The quantitative estimate of drug-likeness (QED) is 0.767. The largest absolute Gasteiger partial charge is 0.389 e. The summed E-state index contributed by atoms with van der Waals surface area (Å²) in [4.78, 5) is 2.94. The van der Waals surface area contributed by atoms with Crippen molar-refractivity contribution in [3.05, 3.63) is 35.4 Å². The van der Waals surface area contributed by atoms with Crippen LogP contribution in [0.2, 0.25) is 0 Å². The Bertz CT molecular complexity index is 373. The van der Waals surface area contributed by atoms with Crippen molar-refractivity contribution in [2.24, 2.45) is 11.7 Å². The zero-order valence-electron chi connectivity index (χ0n) is 11.6. The second-order valence-corrected chi connectivity index (χ2v) is 5.34. The smallest absolute Gasteiger partial charge is 0.103 e. The highest BCUT2D eigenvalue weighted by Gasteiger charge is 2.08. The molecule has 0 fully saturated rings. The van der Waals surface area contributed by atoms with Crippen LogP contribution in [-0.4, -0.2) is 23.0 Å². The van der Waals surface area contributed by atoms with Crippen molar-refractivity contribution in [2.75, 3.05) is 13.1 Å². The Morgan fingerprint density at radius 2 is 1.89 bits per heavy atom. The van der Waals surface area contributed by atoms with Gasteiger partial charge in [0.25, 0.3) is 0 Å². The summed E-state index contributed by atoms with van der Waals surface area (Å²) in [6.07, 6.45) is 1.23. The van der Waals surface area contributed by atoms with E-state index < -0.39 is 0 Å². The maximum Gasteiger partial charge on any atom is 0.103 e. The monoisotopic (exact) mass is 264 g/mol. The molecule has 1 aromatic rings. The molecule has 0 aliphatic carbocycles. The molecule has 0 heterocycles. The summed E-state index contributed by atoms with van der Waals surface area (Å²) in [7, 11) is 0. The molecule has 3 heteroatoms. The number of thiocarbonyl (C=S) groups is 1. The van der Waals surface area contributed by atoms with Crippen molar-refractivity contribution in [1.82, 2.24) is 4.90 Å². The molecule has 18 heavy (non-hydrogen) atoms. The maximum absolute atomic E-state index is 5.60. The van der Waals surface area contributed by atoms with E-state index in [9.17, 15) is 0 Å². The minimum atomic E-state index is 0.466. The second kappa shape index (κ2) is 7.49. The van der Waals surface area contributed by atoms with Crippen molar-refractivity contribution in [3.63, 3.8) is 0 Å². The number of benzene rings is 1. The van der Waals surface area contributed by atoms with Crippen LogP contribution in [0.15, 0.2) is 24.3 Å². The molecule has 0 aromatic heterocycles. The van der Waals surface area contributed by atoms with Crippen molar-refractivity contribution in [3.8, 4) is 0 Å². The van der Waals surface area contributed by atoms with Gasteiger partial charge in [-0.25, -0.2) is 0 Å². The van der Waals surface area contributed by atoms with Gasteiger partial charge in [0.2, 0.25) is 0 Å². The van der Waals surface area contributed by atoms with Crippen molar-refractivity contribution < 1.29 is 0 Å². The van der Waals surface area contributed by atoms with E-state index in [1.165, 1.54) is 12.0 Å². The van der Waals surface area contributed by atoms with Gasteiger partial charge in [0, 0.05) is 18.7 Å². The summed E-state index contributed by atoms with van der Waals surface area (Å²) in [6, 6.07) is 8.26. The molecule has 0 aliphatic rings. The summed E-state index contributed by atoms with van der Waals surface area (Å²) >= 11 is 4.96. The predicted octanol–water partition coefficient (Wildman–Crippen LogP) is 3.19. The molecule has 0 saturated heterocycles. The van der Waals surface area contributed by atoms with Gasteiger partial charge >= 0.3 is 0 Å². The number of nitrogens with two attached hydrogens (primary N) is 1. The van der Waals surface area contributed by atoms with Gasteiger partial charge in [-0.1, -0.05) is 63.7 Å². The minimum Gasteiger partial charge on any atom is -0.389 e. The zero-order valence-corrected chi connectivity index (χ0v) is 12.5. The molecule has 100 valence electrons. The standard InChI is InChI=1S/C15H24N2S/c1-4-12(3)10-17(5-2)11-13-6-8-14(9-7-13)15(16)18/h6-9,12H,4-5,10-11H2,1-3H3,(H2,16,18). The SMILES string of the molecule is CCC(C)CN(CC)Cc1ccc(C(N)=S)cc1. The average molecular weight is 264 g/mol. The Balaban J connectivity index is 2.61. The van der Waals surface area contributed by atoms with Gasteiger partial charge < -0.3 is 5.73 Å². The molecule has 1 unspecified atom stereocenters. The number of hydrogen-bond donors (Lipinski definition) is 1. The highest BCUT2D eigenvalue weighted by molar-refractivity contribution is 7.80. The van der Waals surface area contributed by atoms with Crippen LogP contribution < -0.4 is 5.73 Å². The number of nitrogens with zero attached hydrogens (tertiary/aromatic N) is 1. The van der Waals surface area contributed by atoms with Gasteiger partial charge in [0.15, 0.2) is 0 Å². The third-order valence-corrected chi connectivity index (χ3v) is 3.59. The van der Waals surface area contributed by atoms with E-state index in [2.05, 4.69) is 37.8 Å². The summed E-state index contributed by atoms with van der Waals surface area (Å²) in [5.41, 5.74) is 7.86. The van der Waals surface area contributed by atoms with E-state index in [1.807, 2.05) is 12.1 Å². The van der Waals surface area contributed by atoms with Crippen LogP contribution in [0.3, 0.4) is 0 Å². The topological polar surface area (TPSA) is 29.3 Å². The van der Waals surface area contributed by atoms with Crippen molar-refractivity contribution >= 4 is 17.2 Å². The fraction of sp³-hybridized carbons (Fsp3) is 0.533. The highest BCUT2D eigenvalue weighted by atomic mass is 32.1. The summed E-state index contributed by atoms with van der Waals surface area (Å²) in [6.45, 7) is 10.0. The molecule has 1 rings (SSSR count). The Labute approximate surface area is 116 Å². The first-order valence-electron chi connectivity index (χ1n) is 6.67. The number of rotatable bonds is 7. The predicted molar refractivity (Wildman–Crippen MR) is 82.7 cm³/mol. The molecule has 0 spiro atoms. The normalized spacial score (nSPS) is 12.7. The van der Waals surface area contributed by atoms with Gasteiger partial charge in [0.1, 0.15) is 4.99 Å². The molecule has 1 atom stereocenters. The van der Waals surface area contributed by atoms with E-state index in [1.54, 1.807) is 0 Å². The molecule has 0 radical (unpaired) electrons. The van der Waals surface area contributed by atoms with E-state index in [0.29, 0.717) is 4.99 Å². The molecule has 0 amide bonds. The zero-order chi connectivity index (χ0) is 13.5. The molecular formula is C15H24N2S. The second-order valence-electron chi connectivity index (χ2n) is 4.90. The van der Waals surface area contributed by atoms with Crippen LogP contribution in [0.4, 0.5) is 0 Å². The molecule has 0 bridgehead atoms. The van der Waals surface area contributed by atoms with E-state index in [4.69, 9.17) is 18.0 Å². The Morgan fingerprint density at radius 1 is 1.28 bits per heavy atom. The molecular weight excluding hydrogens is 240 g/mol. The van der Waals surface area contributed by atoms with Crippen molar-refractivity contribution in [1.29, 1.82) is 0 Å². The van der Waals surface area contributed by atoms with Crippen LogP contribution in [0, 0.1) is 5.92 Å². The Morgan fingerprint density at radius 3 is 2.33 bits per heavy atom. The summed E-state index contributed by atoms with van der Waals surface area (Å²) < 4.78 is 0. The molecule has 2 N–H and O–H groups in total. The number of hydrogen-bond acceptors (Lipinski definition) is 2. The fourth-order valence-electron chi connectivity index (χ4n) is 1.91. The average Bonchev–Trinajstić information content (AvgIpc) is 2.38. The minimum absolute atomic E-state index is 0.466. The summed E-state index contributed by atoms with van der Waals surface area (Å²) in [5.74, 6) is 0.751. The first-order chi connectivity index (χ1) is 8.56. The molecule has 0 aliphatic heterocycles. The lowest BCUT2D eigenvalue weighted by molar-refractivity contribution is 0.238. The van der Waals surface area contributed by atoms with Gasteiger partial charge in [-0.15, -0.1) is 0 Å². The van der Waals surface area contributed by atoms with Gasteiger partial charge in [0.05, 0.1) is 0 Å². The Hall–Kier alpha value is -0.930. The van der Waals surface area contributed by atoms with Crippen LogP contribution in [0.25, 0.3) is 0 Å². The van der Waals surface area contributed by atoms with Gasteiger partial charge in [-0.2, -0.15) is 0 Å². The molecule has 0 saturated carbocycles. The maximum atomic E-state index is 5.60. The lowest BCUT2D eigenvalue weighted by Gasteiger charge is -2.23. The van der Waals surface area contributed by atoms with Crippen LogP contribution in [-0.2, 0) is 6.54 Å². The van der Waals surface area contributed by atoms with Crippen molar-refractivity contribution in [2.45, 2.75) is 33.7 Å². The van der Waals surface area contributed by atoms with Crippen LogP contribution in [0.1, 0.15) is 38.3 Å². The highest BCUT2D eigenvalue weighted by Crippen LogP contribution is 2.10. The van der Waals surface area contributed by atoms with Crippen LogP contribution in [0.5, 0.6) is 0 Å². The lowest BCUT2D eigenvalue weighted by Crippen LogP contribution is -2.27. The Kier molecular flexibility index (Phi) is 6.30. The first kappa shape index (κ1) is 15.1. The lowest BCUT2D eigenvalue weighted by atomic mass is 10.1.